The van der Waals surface area contributed by atoms with Crippen molar-refractivity contribution < 1.29 is 0 Å². The second-order valence-corrected chi connectivity index (χ2v) is 3.58. The number of benzene rings is 1. The van der Waals surface area contributed by atoms with Crippen LogP contribution in [0.15, 0.2) is 29.3 Å². The molecule has 1 aromatic carbocycles. The highest BCUT2D eigenvalue weighted by molar-refractivity contribution is 5.98. The van der Waals surface area contributed by atoms with E-state index in [1.165, 1.54) is 5.56 Å². The Balaban J connectivity index is 2.95. The fraction of sp³-hybridized carbons (Fsp3) is 0.364. The van der Waals surface area contributed by atoms with Crippen molar-refractivity contribution in [1.29, 1.82) is 0 Å². The van der Waals surface area contributed by atoms with Gasteiger partial charge in [0.2, 0.25) is 0 Å². The van der Waals surface area contributed by atoms with Gasteiger partial charge in [-0.25, -0.2) is 5.84 Å². The molecule has 76 valence electrons. The lowest BCUT2D eigenvalue weighted by Crippen LogP contribution is -2.31. The van der Waals surface area contributed by atoms with Crippen LogP contribution in [0, 0.1) is 6.92 Å². The van der Waals surface area contributed by atoms with Crippen molar-refractivity contribution >= 4 is 5.84 Å². The Morgan fingerprint density at radius 1 is 1.29 bits per heavy atom. The molecular formula is C11H17N3. The molecule has 1 rings (SSSR count). The number of aliphatic imine (C=N–C) groups is 1. The SMILES string of the molecule is Cc1ccc(C(=NC(C)C)NN)cc1. The van der Waals surface area contributed by atoms with Crippen LogP contribution in [0.4, 0.5) is 0 Å². The van der Waals surface area contributed by atoms with Crippen LogP contribution in [0.1, 0.15) is 25.0 Å². The lowest BCUT2D eigenvalue weighted by molar-refractivity contribution is 0.820. The maximum Gasteiger partial charge on any atom is 0.142 e. The standard InChI is InChI=1S/C11H17N3/c1-8(2)13-11(14-12)10-6-4-9(3)5-7-10/h4-8H,12H2,1-3H3,(H,13,14). The third kappa shape index (κ3) is 2.85. The van der Waals surface area contributed by atoms with Gasteiger partial charge in [-0.15, -0.1) is 0 Å². The van der Waals surface area contributed by atoms with Crippen LogP contribution in [0.2, 0.25) is 0 Å². The minimum Gasteiger partial charge on any atom is -0.308 e. The topological polar surface area (TPSA) is 50.4 Å². The summed E-state index contributed by atoms with van der Waals surface area (Å²) in [7, 11) is 0. The zero-order valence-electron chi connectivity index (χ0n) is 8.91. The molecule has 0 aliphatic rings. The second-order valence-electron chi connectivity index (χ2n) is 3.58. The molecule has 0 radical (unpaired) electrons. The van der Waals surface area contributed by atoms with Crippen LogP contribution < -0.4 is 11.3 Å². The molecule has 14 heavy (non-hydrogen) atoms. The van der Waals surface area contributed by atoms with Crippen LogP contribution in [0.5, 0.6) is 0 Å². The van der Waals surface area contributed by atoms with Crippen molar-refractivity contribution in [2.45, 2.75) is 26.8 Å². The zero-order valence-corrected chi connectivity index (χ0v) is 8.91. The van der Waals surface area contributed by atoms with Gasteiger partial charge in [0.15, 0.2) is 0 Å². The first kappa shape index (κ1) is 10.7. The maximum absolute atomic E-state index is 5.41. The number of aryl methyl sites for hydroxylation is 1. The van der Waals surface area contributed by atoms with Crippen molar-refractivity contribution in [2.24, 2.45) is 10.8 Å². The van der Waals surface area contributed by atoms with Gasteiger partial charge < -0.3 is 5.43 Å². The highest BCUT2D eigenvalue weighted by atomic mass is 15.3. The molecule has 0 saturated heterocycles. The van der Waals surface area contributed by atoms with E-state index in [9.17, 15) is 0 Å². The van der Waals surface area contributed by atoms with Crippen molar-refractivity contribution in [3.05, 3.63) is 35.4 Å². The predicted molar refractivity (Wildman–Crippen MR) is 60.2 cm³/mol. The largest absolute Gasteiger partial charge is 0.308 e. The van der Waals surface area contributed by atoms with Crippen LogP contribution in [0.3, 0.4) is 0 Å². The highest BCUT2D eigenvalue weighted by Crippen LogP contribution is 2.04. The summed E-state index contributed by atoms with van der Waals surface area (Å²) in [5, 5.41) is 0. The Morgan fingerprint density at radius 3 is 2.29 bits per heavy atom. The predicted octanol–water partition coefficient (Wildman–Crippen LogP) is 1.61. The van der Waals surface area contributed by atoms with Gasteiger partial charge in [-0.2, -0.15) is 0 Å². The molecule has 1 aromatic rings. The summed E-state index contributed by atoms with van der Waals surface area (Å²) >= 11 is 0. The van der Waals surface area contributed by atoms with Crippen LogP contribution >= 0.6 is 0 Å². The molecule has 0 spiro atoms. The Bertz CT molecular complexity index is 312. The van der Waals surface area contributed by atoms with Crippen LogP contribution in [-0.4, -0.2) is 11.9 Å². The Labute approximate surface area is 85.0 Å². The van der Waals surface area contributed by atoms with Gasteiger partial charge in [0.1, 0.15) is 5.84 Å². The maximum atomic E-state index is 5.41. The molecule has 0 saturated carbocycles. The summed E-state index contributed by atoms with van der Waals surface area (Å²) in [5.74, 6) is 6.15. The van der Waals surface area contributed by atoms with Gasteiger partial charge >= 0.3 is 0 Å². The van der Waals surface area contributed by atoms with Gasteiger partial charge in [0.25, 0.3) is 0 Å². The number of nitrogens with one attached hydrogen (secondary N) is 1. The summed E-state index contributed by atoms with van der Waals surface area (Å²) in [6.45, 7) is 6.09. The second kappa shape index (κ2) is 4.77. The van der Waals surface area contributed by atoms with E-state index >= 15 is 0 Å². The van der Waals surface area contributed by atoms with Gasteiger partial charge in [0, 0.05) is 11.6 Å². The molecule has 3 heteroatoms. The van der Waals surface area contributed by atoms with Crippen molar-refractivity contribution in [2.75, 3.05) is 0 Å². The first-order valence-electron chi connectivity index (χ1n) is 4.75. The lowest BCUT2D eigenvalue weighted by Gasteiger charge is -2.07. The molecule has 0 amide bonds. The van der Waals surface area contributed by atoms with E-state index in [1.807, 2.05) is 38.1 Å². The summed E-state index contributed by atoms with van der Waals surface area (Å²) in [6, 6.07) is 8.35. The zero-order chi connectivity index (χ0) is 10.6. The first-order valence-corrected chi connectivity index (χ1v) is 4.75. The quantitative estimate of drug-likeness (QED) is 0.323. The lowest BCUT2D eigenvalue weighted by atomic mass is 10.1. The average Bonchev–Trinajstić information content (AvgIpc) is 2.15. The van der Waals surface area contributed by atoms with Gasteiger partial charge in [-0.05, 0) is 20.8 Å². The fourth-order valence-corrected chi connectivity index (χ4v) is 1.16. The molecule has 3 nitrogen and oxygen atoms in total. The van der Waals surface area contributed by atoms with Crippen molar-refractivity contribution in [3.63, 3.8) is 0 Å². The van der Waals surface area contributed by atoms with Gasteiger partial charge in [-0.1, -0.05) is 29.8 Å². The number of amidine groups is 1. The normalized spacial score (nSPS) is 11.9. The molecular weight excluding hydrogens is 174 g/mol. The number of hydrogen-bond donors (Lipinski definition) is 2. The molecule has 0 aliphatic heterocycles. The van der Waals surface area contributed by atoms with E-state index in [1.54, 1.807) is 0 Å². The van der Waals surface area contributed by atoms with E-state index in [0.29, 0.717) is 0 Å². The van der Waals surface area contributed by atoms with Crippen LogP contribution in [0.25, 0.3) is 0 Å². The smallest absolute Gasteiger partial charge is 0.142 e. The minimum atomic E-state index is 0.238. The Morgan fingerprint density at radius 2 is 1.86 bits per heavy atom. The van der Waals surface area contributed by atoms with E-state index in [4.69, 9.17) is 5.84 Å². The Kier molecular flexibility index (Phi) is 3.65. The summed E-state index contributed by atoms with van der Waals surface area (Å²) in [6.07, 6.45) is 0. The number of hydrogen-bond acceptors (Lipinski definition) is 2. The molecule has 0 aromatic heterocycles. The summed E-state index contributed by atoms with van der Waals surface area (Å²) < 4.78 is 0. The minimum absolute atomic E-state index is 0.238. The highest BCUT2D eigenvalue weighted by Gasteiger charge is 2.01. The van der Waals surface area contributed by atoms with E-state index in [2.05, 4.69) is 17.3 Å². The average molecular weight is 191 g/mol. The molecule has 0 atom stereocenters. The number of nitrogens with zero attached hydrogens (tertiary/aromatic N) is 1. The van der Waals surface area contributed by atoms with Crippen molar-refractivity contribution in [3.8, 4) is 0 Å². The van der Waals surface area contributed by atoms with E-state index in [0.717, 1.165) is 11.4 Å². The fourth-order valence-electron chi connectivity index (χ4n) is 1.16. The molecule has 0 heterocycles. The van der Waals surface area contributed by atoms with E-state index in [-0.39, 0.29) is 6.04 Å². The van der Waals surface area contributed by atoms with Gasteiger partial charge in [0.05, 0.1) is 0 Å². The van der Waals surface area contributed by atoms with Crippen molar-refractivity contribution in [1.82, 2.24) is 5.43 Å². The van der Waals surface area contributed by atoms with Crippen LogP contribution in [-0.2, 0) is 0 Å². The molecule has 0 aliphatic carbocycles. The summed E-state index contributed by atoms with van der Waals surface area (Å²) in [4.78, 5) is 4.38. The van der Waals surface area contributed by atoms with E-state index < -0.39 is 0 Å². The third-order valence-electron chi connectivity index (χ3n) is 1.85. The number of nitrogens with two attached hydrogens (primary N) is 1. The molecule has 0 fully saturated rings. The molecule has 3 N–H and O–H groups in total. The summed E-state index contributed by atoms with van der Waals surface area (Å²) in [5.41, 5.74) is 4.87. The van der Waals surface area contributed by atoms with Gasteiger partial charge in [-0.3, -0.25) is 4.99 Å². The number of rotatable bonds is 2. The third-order valence-corrected chi connectivity index (χ3v) is 1.85. The molecule has 0 bridgehead atoms. The Hall–Kier alpha value is -1.35. The number of hydrazine groups is 1. The first-order chi connectivity index (χ1) is 6.63. The molecule has 0 unspecified atom stereocenters. The monoisotopic (exact) mass is 191 g/mol.